The maximum Gasteiger partial charge on any atom is 0.278 e. The number of rotatable bonds is 6. The van der Waals surface area contributed by atoms with Crippen LogP contribution in [0.3, 0.4) is 0 Å². The average Bonchev–Trinajstić information content (AvgIpc) is 3.03. The molecule has 3 N–H and O–H groups in total. The average molecular weight is 386 g/mol. The number of nitrogens with zero attached hydrogens (tertiary/aromatic N) is 2. The molecule has 2 heterocycles. The van der Waals surface area contributed by atoms with E-state index < -0.39 is 11.8 Å². The van der Waals surface area contributed by atoms with Gasteiger partial charge in [-0.1, -0.05) is 12.1 Å². The summed E-state index contributed by atoms with van der Waals surface area (Å²) >= 11 is 0. The number of piperidine rings is 1. The van der Waals surface area contributed by atoms with Crippen LogP contribution in [0.4, 0.5) is 11.4 Å². The second kappa shape index (κ2) is 8.43. The van der Waals surface area contributed by atoms with Crippen LogP contribution in [0.5, 0.6) is 0 Å². The minimum absolute atomic E-state index is 0.187. The van der Waals surface area contributed by atoms with Gasteiger partial charge < -0.3 is 25.2 Å². The van der Waals surface area contributed by atoms with E-state index in [0.29, 0.717) is 28.5 Å². The molecule has 0 aliphatic carbocycles. The fraction of sp³-hybridized carbons (Fsp3) is 0.450. The maximum atomic E-state index is 12.7. The minimum atomic E-state index is -0.485. The van der Waals surface area contributed by atoms with Crippen LogP contribution in [-0.2, 0) is 11.3 Å². The molecule has 0 spiro atoms. The lowest BCUT2D eigenvalue weighted by Gasteiger charge is -2.33. The van der Waals surface area contributed by atoms with Crippen LogP contribution in [0.25, 0.3) is 0 Å². The van der Waals surface area contributed by atoms with Crippen molar-refractivity contribution in [2.75, 3.05) is 30.4 Å². The van der Waals surface area contributed by atoms with Crippen LogP contribution in [0.2, 0.25) is 0 Å². The number of primary amides is 1. The number of aryl methyl sites for hydroxylation is 1. The molecular formula is C20H26N4O4. The monoisotopic (exact) mass is 386 g/mol. The topological polar surface area (TPSA) is 111 Å². The van der Waals surface area contributed by atoms with E-state index in [1.807, 2.05) is 0 Å². The Kier molecular flexibility index (Phi) is 5.99. The van der Waals surface area contributed by atoms with Crippen LogP contribution in [-0.4, -0.2) is 37.2 Å². The molecule has 0 radical (unpaired) electrons. The first-order valence-electron chi connectivity index (χ1n) is 9.35. The number of amides is 2. The van der Waals surface area contributed by atoms with E-state index >= 15 is 0 Å². The molecule has 3 rings (SSSR count). The quantitative estimate of drug-likeness (QED) is 0.790. The van der Waals surface area contributed by atoms with Crippen molar-refractivity contribution in [3.8, 4) is 0 Å². The second-order valence-corrected chi connectivity index (χ2v) is 7.22. The Bertz CT molecular complexity index is 869. The largest absolute Gasteiger partial charge is 0.380 e. The van der Waals surface area contributed by atoms with Gasteiger partial charge in [0.25, 0.3) is 11.8 Å². The molecule has 0 saturated carbocycles. The van der Waals surface area contributed by atoms with Gasteiger partial charge in [-0.2, -0.15) is 0 Å². The molecule has 0 unspecified atom stereocenters. The summed E-state index contributed by atoms with van der Waals surface area (Å²) in [4.78, 5) is 26.7. The van der Waals surface area contributed by atoms with E-state index in [9.17, 15) is 9.59 Å². The molecule has 28 heavy (non-hydrogen) atoms. The standard InChI is InChI=1S/C20H26N4O4/c1-12-6-8-24(9-7-12)17-10-14(4-5-15(17)19(21)25)22-20(26)18-16(11-27-3)13(2)28-23-18/h4-5,10,12H,6-9,11H2,1-3H3,(H2,21,25)(H,22,26). The second-order valence-electron chi connectivity index (χ2n) is 7.22. The van der Waals surface area contributed by atoms with Crippen LogP contribution in [0.1, 0.15) is 51.9 Å². The smallest absolute Gasteiger partial charge is 0.278 e. The van der Waals surface area contributed by atoms with Gasteiger partial charge in [0, 0.05) is 25.9 Å². The van der Waals surface area contributed by atoms with Gasteiger partial charge in [0.1, 0.15) is 5.76 Å². The predicted molar refractivity (Wildman–Crippen MR) is 105 cm³/mol. The van der Waals surface area contributed by atoms with Crippen molar-refractivity contribution in [2.24, 2.45) is 11.7 Å². The third-order valence-electron chi connectivity index (χ3n) is 5.13. The zero-order valence-corrected chi connectivity index (χ0v) is 16.4. The van der Waals surface area contributed by atoms with E-state index in [1.54, 1.807) is 32.2 Å². The van der Waals surface area contributed by atoms with Gasteiger partial charge in [0.2, 0.25) is 0 Å². The summed E-state index contributed by atoms with van der Waals surface area (Å²) in [5.41, 5.74) is 8.11. The highest BCUT2D eigenvalue weighted by molar-refractivity contribution is 6.05. The fourth-order valence-corrected chi connectivity index (χ4v) is 3.40. The summed E-state index contributed by atoms with van der Waals surface area (Å²) in [6.07, 6.45) is 2.10. The lowest BCUT2D eigenvalue weighted by atomic mass is 9.98. The van der Waals surface area contributed by atoms with Gasteiger partial charge in [0.15, 0.2) is 5.69 Å². The third-order valence-corrected chi connectivity index (χ3v) is 5.13. The highest BCUT2D eigenvalue weighted by Gasteiger charge is 2.23. The van der Waals surface area contributed by atoms with Crippen molar-refractivity contribution in [1.82, 2.24) is 5.16 Å². The van der Waals surface area contributed by atoms with Crippen molar-refractivity contribution in [2.45, 2.75) is 33.3 Å². The molecule has 1 aromatic heterocycles. The normalized spacial score (nSPS) is 14.9. The number of aromatic nitrogens is 1. The molecule has 1 fully saturated rings. The van der Waals surface area contributed by atoms with E-state index in [1.165, 1.54) is 0 Å². The van der Waals surface area contributed by atoms with Crippen LogP contribution >= 0.6 is 0 Å². The van der Waals surface area contributed by atoms with Gasteiger partial charge in [-0.15, -0.1) is 0 Å². The molecule has 8 nitrogen and oxygen atoms in total. The summed E-state index contributed by atoms with van der Waals surface area (Å²) in [6, 6.07) is 5.10. The van der Waals surface area contributed by atoms with Crippen molar-refractivity contribution in [3.05, 3.63) is 40.8 Å². The van der Waals surface area contributed by atoms with Crippen LogP contribution in [0.15, 0.2) is 22.7 Å². The Morgan fingerprint density at radius 2 is 2.07 bits per heavy atom. The fourth-order valence-electron chi connectivity index (χ4n) is 3.40. The molecule has 1 aromatic carbocycles. The lowest BCUT2D eigenvalue weighted by Crippen LogP contribution is -2.34. The molecule has 2 aromatic rings. The number of anilines is 2. The molecule has 2 amide bonds. The molecule has 1 saturated heterocycles. The van der Waals surface area contributed by atoms with Crippen LogP contribution < -0.4 is 16.0 Å². The van der Waals surface area contributed by atoms with E-state index in [4.69, 9.17) is 15.0 Å². The van der Waals surface area contributed by atoms with E-state index in [2.05, 4.69) is 22.3 Å². The van der Waals surface area contributed by atoms with Gasteiger partial charge in [0.05, 0.1) is 23.4 Å². The van der Waals surface area contributed by atoms with E-state index in [0.717, 1.165) is 31.6 Å². The number of methoxy groups -OCH3 is 1. The van der Waals surface area contributed by atoms with Gasteiger partial charge in [-0.3, -0.25) is 9.59 Å². The summed E-state index contributed by atoms with van der Waals surface area (Å²) in [5.74, 6) is 0.319. The first-order valence-corrected chi connectivity index (χ1v) is 9.35. The molecule has 0 atom stereocenters. The summed E-state index contributed by atoms with van der Waals surface area (Å²) < 4.78 is 10.2. The van der Waals surface area contributed by atoms with Crippen molar-refractivity contribution in [3.63, 3.8) is 0 Å². The third kappa shape index (κ3) is 4.17. The number of nitrogens with two attached hydrogens (primary N) is 1. The number of carbonyl (C=O) groups excluding carboxylic acids is 2. The SMILES string of the molecule is COCc1c(C(=O)Nc2ccc(C(N)=O)c(N3CCC(C)CC3)c2)noc1C. The molecule has 8 heteroatoms. The minimum Gasteiger partial charge on any atom is -0.380 e. The number of carbonyl (C=O) groups is 2. The van der Waals surface area contributed by atoms with Gasteiger partial charge in [-0.05, 0) is 43.9 Å². The Hall–Kier alpha value is -2.87. The van der Waals surface area contributed by atoms with Crippen molar-refractivity contribution >= 4 is 23.2 Å². The van der Waals surface area contributed by atoms with Crippen molar-refractivity contribution < 1.29 is 18.8 Å². The molecule has 150 valence electrons. The summed E-state index contributed by atoms with van der Waals surface area (Å²) in [5, 5.41) is 6.67. The number of hydrogen-bond acceptors (Lipinski definition) is 6. The van der Waals surface area contributed by atoms with Crippen LogP contribution in [0, 0.1) is 12.8 Å². The number of nitrogens with one attached hydrogen (secondary N) is 1. The predicted octanol–water partition coefficient (Wildman–Crippen LogP) is 2.72. The first kappa shape index (κ1) is 19.9. The Morgan fingerprint density at radius 1 is 1.36 bits per heavy atom. The number of benzene rings is 1. The zero-order valence-electron chi connectivity index (χ0n) is 16.4. The zero-order chi connectivity index (χ0) is 20.3. The summed E-state index contributed by atoms with van der Waals surface area (Å²) in [6.45, 7) is 5.88. The first-order chi connectivity index (χ1) is 13.4. The number of ether oxygens (including phenoxy) is 1. The number of hydrogen-bond donors (Lipinski definition) is 2. The Morgan fingerprint density at radius 3 is 2.71 bits per heavy atom. The molecule has 1 aliphatic rings. The Labute approximate surface area is 164 Å². The molecular weight excluding hydrogens is 360 g/mol. The van der Waals surface area contributed by atoms with Crippen molar-refractivity contribution in [1.29, 1.82) is 0 Å². The highest BCUT2D eigenvalue weighted by Crippen LogP contribution is 2.29. The summed E-state index contributed by atoms with van der Waals surface area (Å²) in [7, 11) is 1.54. The highest BCUT2D eigenvalue weighted by atomic mass is 16.5. The Balaban J connectivity index is 1.85. The van der Waals surface area contributed by atoms with Gasteiger partial charge in [-0.25, -0.2) is 0 Å². The van der Waals surface area contributed by atoms with E-state index in [-0.39, 0.29) is 12.3 Å². The van der Waals surface area contributed by atoms with Gasteiger partial charge >= 0.3 is 0 Å². The molecule has 0 bridgehead atoms. The molecule has 1 aliphatic heterocycles. The lowest BCUT2D eigenvalue weighted by molar-refractivity contribution is 0.0996. The maximum absolute atomic E-state index is 12.7.